The van der Waals surface area contributed by atoms with Crippen LogP contribution in [0.15, 0.2) is 27.3 Å². The molecule has 0 saturated heterocycles. The zero-order chi connectivity index (χ0) is 11.7. The van der Waals surface area contributed by atoms with Gasteiger partial charge in [0, 0.05) is 23.8 Å². The Morgan fingerprint density at radius 1 is 1.56 bits per heavy atom. The molecule has 0 aromatic carbocycles. The van der Waals surface area contributed by atoms with Crippen molar-refractivity contribution in [1.82, 2.24) is 9.72 Å². The fraction of sp³-hybridized carbons (Fsp3) is 0.200. The number of carbonyl (C=O) groups excluding carboxylic acids is 1. The Kier molecular flexibility index (Phi) is 2.82. The molecule has 0 saturated carbocycles. The van der Waals surface area contributed by atoms with E-state index < -0.39 is 0 Å². The van der Waals surface area contributed by atoms with Gasteiger partial charge in [0.05, 0.1) is 5.69 Å². The number of rotatable bonds is 2. The molecule has 0 fully saturated rings. The third-order valence-electron chi connectivity index (χ3n) is 2.07. The Bertz CT molecular complexity index is 530. The third kappa shape index (κ3) is 2.16. The van der Waals surface area contributed by atoms with Crippen molar-refractivity contribution in [2.24, 2.45) is 7.05 Å². The van der Waals surface area contributed by atoms with E-state index in [0.717, 1.165) is 10.2 Å². The van der Waals surface area contributed by atoms with Crippen LogP contribution in [-0.4, -0.2) is 15.6 Å². The average molecular weight is 284 g/mol. The van der Waals surface area contributed by atoms with Crippen LogP contribution in [0, 0.1) is 6.92 Å². The van der Waals surface area contributed by atoms with E-state index in [-0.39, 0.29) is 5.91 Å². The minimum Gasteiger partial charge on any atom is -0.345 e. The summed E-state index contributed by atoms with van der Waals surface area (Å²) in [7, 11) is 1.80. The van der Waals surface area contributed by atoms with Gasteiger partial charge in [-0.1, -0.05) is 5.16 Å². The summed E-state index contributed by atoms with van der Waals surface area (Å²) in [5, 5.41) is 6.31. The molecule has 1 N–H and O–H groups in total. The van der Waals surface area contributed by atoms with Crippen molar-refractivity contribution in [1.29, 1.82) is 0 Å². The highest BCUT2D eigenvalue weighted by molar-refractivity contribution is 9.10. The molecule has 1 amide bonds. The highest BCUT2D eigenvalue weighted by atomic mass is 79.9. The Labute approximate surface area is 101 Å². The van der Waals surface area contributed by atoms with Crippen molar-refractivity contribution in [3.8, 4) is 0 Å². The highest BCUT2D eigenvalue weighted by Gasteiger charge is 2.13. The number of anilines is 1. The van der Waals surface area contributed by atoms with Crippen LogP contribution in [0.2, 0.25) is 0 Å². The van der Waals surface area contributed by atoms with Crippen molar-refractivity contribution in [2.45, 2.75) is 6.92 Å². The van der Waals surface area contributed by atoms with Crippen LogP contribution in [0.3, 0.4) is 0 Å². The molecular formula is C10H10BrN3O2. The molecule has 2 rings (SSSR count). The third-order valence-corrected chi connectivity index (χ3v) is 2.50. The minimum atomic E-state index is -0.232. The predicted molar refractivity (Wildman–Crippen MR) is 62.3 cm³/mol. The van der Waals surface area contributed by atoms with Gasteiger partial charge in [0.2, 0.25) is 5.88 Å². The van der Waals surface area contributed by atoms with E-state index >= 15 is 0 Å². The first-order valence-corrected chi connectivity index (χ1v) is 5.42. The van der Waals surface area contributed by atoms with Gasteiger partial charge < -0.3 is 9.09 Å². The molecular weight excluding hydrogens is 274 g/mol. The lowest BCUT2D eigenvalue weighted by molar-refractivity contribution is 0.101. The summed E-state index contributed by atoms with van der Waals surface area (Å²) in [6.45, 7) is 1.79. The Balaban J connectivity index is 2.17. The lowest BCUT2D eigenvalue weighted by Gasteiger charge is -2.01. The zero-order valence-electron chi connectivity index (χ0n) is 8.82. The molecule has 0 bridgehead atoms. The summed E-state index contributed by atoms with van der Waals surface area (Å²) < 4.78 is 7.48. The average Bonchev–Trinajstić information content (AvgIpc) is 2.73. The summed E-state index contributed by atoms with van der Waals surface area (Å²) in [5.74, 6) is 0.115. The standard InChI is InChI=1S/C10H10BrN3O2/c1-6-3-9(16-13-6)12-10(15)8-4-7(11)5-14(8)2/h3-5H,1-2H3,(H,12,15). The van der Waals surface area contributed by atoms with Crippen LogP contribution >= 0.6 is 15.9 Å². The predicted octanol–water partition coefficient (Wildman–Crippen LogP) is 2.34. The Morgan fingerprint density at radius 3 is 2.81 bits per heavy atom. The summed E-state index contributed by atoms with van der Waals surface area (Å²) in [6, 6.07) is 3.40. The van der Waals surface area contributed by atoms with Crippen LogP contribution < -0.4 is 5.32 Å². The number of aryl methyl sites for hydroxylation is 2. The lowest BCUT2D eigenvalue weighted by Crippen LogP contribution is -2.14. The van der Waals surface area contributed by atoms with Gasteiger partial charge in [0.15, 0.2) is 0 Å². The summed E-state index contributed by atoms with van der Waals surface area (Å²) in [5.41, 5.74) is 1.27. The van der Waals surface area contributed by atoms with Crippen molar-refractivity contribution >= 4 is 27.7 Å². The lowest BCUT2D eigenvalue weighted by atomic mass is 10.4. The monoisotopic (exact) mass is 283 g/mol. The number of halogens is 1. The Hall–Kier alpha value is -1.56. The Morgan fingerprint density at radius 2 is 2.31 bits per heavy atom. The second kappa shape index (κ2) is 4.13. The SMILES string of the molecule is Cc1cc(NC(=O)c2cc(Br)cn2C)on1. The number of hydrogen-bond donors (Lipinski definition) is 1. The van der Waals surface area contributed by atoms with E-state index in [0.29, 0.717) is 11.6 Å². The molecule has 6 heteroatoms. The molecule has 2 aromatic heterocycles. The van der Waals surface area contributed by atoms with E-state index in [4.69, 9.17) is 4.52 Å². The van der Waals surface area contributed by atoms with E-state index in [1.165, 1.54) is 0 Å². The van der Waals surface area contributed by atoms with Crippen molar-refractivity contribution in [3.05, 3.63) is 34.2 Å². The van der Waals surface area contributed by atoms with Gasteiger partial charge in [-0.15, -0.1) is 0 Å². The normalized spacial score (nSPS) is 10.4. The van der Waals surface area contributed by atoms with Crippen LogP contribution in [0.25, 0.3) is 0 Å². The van der Waals surface area contributed by atoms with Crippen LogP contribution in [0.4, 0.5) is 5.88 Å². The highest BCUT2D eigenvalue weighted by Crippen LogP contribution is 2.16. The number of amides is 1. The molecule has 0 aliphatic rings. The number of aromatic nitrogens is 2. The number of hydrogen-bond acceptors (Lipinski definition) is 3. The molecule has 0 aliphatic heterocycles. The number of nitrogens with one attached hydrogen (secondary N) is 1. The molecule has 0 atom stereocenters. The molecule has 16 heavy (non-hydrogen) atoms. The fourth-order valence-corrected chi connectivity index (χ4v) is 1.87. The molecule has 0 spiro atoms. The van der Waals surface area contributed by atoms with E-state index in [1.54, 1.807) is 36.9 Å². The first kappa shape index (κ1) is 10.9. The molecule has 2 aromatic rings. The summed E-state index contributed by atoms with van der Waals surface area (Å²) >= 11 is 3.30. The molecule has 0 unspecified atom stereocenters. The first-order chi connectivity index (χ1) is 7.56. The van der Waals surface area contributed by atoms with Crippen molar-refractivity contribution in [3.63, 3.8) is 0 Å². The second-order valence-corrected chi connectivity index (χ2v) is 4.36. The summed E-state index contributed by atoms with van der Waals surface area (Å²) in [4.78, 5) is 11.8. The second-order valence-electron chi connectivity index (χ2n) is 3.44. The molecule has 84 valence electrons. The van der Waals surface area contributed by atoms with Gasteiger partial charge in [-0.3, -0.25) is 10.1 Å². The van der Waals surface area contributed by atoms with Crippen LogP contribution in [0.1, 0.15) is 16.2 Å². The number of nitrogens with zero attached hydrogens (tertiary/aromatic N) is 2. The van der Waals surface area contributed by atoms with Crippen LogP contribution in [0.5, 0.6) is 0 Å². The van der Waals surface area contributed by atoms with E-state index in [9.17, 15) is 4.79 Å². The largest absolute Gasteiger partial charge is 0.345 e. The maximum Gasteiger partial charge on any atom is 0.274 e. The molecule has 0 aliphatic carbocycles. The van der Waals surface area contributed by atoms with Gasteiger partial charge >= 0.3 is 0 Å². The maximum atomic E-state index is 11.8. The van der Waals surface area contributed by atoms with E-state index in [2.05, 4.69) is 26.4 Å². The quantitative estimate of drug-likeness (QED) is 0.920. The maximum absolute atomic E-state index is 11.8. The summed E-state index contributed by atoms with van der Waals surface area (Å²) in [6.07, 6.45) is 1.81. The molecule has 2 heterocycles. The minimum absolute atomic E-state index is 0.232. The topological polar surface area (TPSA) is 60.1 Å². The first-order valence-electron chi connectivity index (χ1n) is 4.63. The molecule has 0 radical (unpaired) electrons. The van der Waals surface area contributed by atoms with Gasteiger partial charge in [0.25, 0.3) is 5.91 Å². The fourth-order valence-electron chi connectivity index (χ4n) is 1.35. The van der Waals surface area contributed by atoms with Crippen molar-refractivity contribution in [2.75, 3.05) is 5.32 Å². The number of carbonyl (C=O) groups is 1. The van der Waals surface area contributed by atoms with Crippen LogP contribution in [-0.2, 0) is 7.05 Å². The smallest absolute Gasteiger partial charge is 0.274 e. The van der Waals surface area contributed by atoms with E-state index in [1.807, 2.05) is 0 Å². The molecule has 5 nitrogen and oxygen atoms in total. The van der Waals surface area contributed by atoms with Gasteiger partial charge in [-0.2, -0.15) is 0 Å². The van der Waals surface area contributed by atoms with Crippen molar-refractivity contribution < 1.29 is 9.32 Å². The van der Waals surface area contributed by atoms with Gasteiger partial charge in [0.1, 0.15) is 5.69 Å². The van der Waals surface area contributed by atoms with Gasteiger partial charge in [-0.05, 0) is 28.9 Å². The zero-order valence-corrected chi connectivity index (χ0v) is 10.4. The van der Waals surface area contributed by atoms with Gasteiger partial charge in [-0.25, -0.2) is 0 Å².